The highest BCUT2D eigenvalue weighted by molar-refractivity contribution is 9.10. The first-order valence-corrected chi connectivity index (χ1v) is 5.81. The Morgan fingerprint density at radius 1 is 1.53 bits per heavy atom. The Morgan fingerprint density at radius 3 is 2.94 bits per heavy atom. The maximum Gasteiger partial charge on any atom is 0.247 e. The van der Waals surface area contributed by atoms with Crippen LogP contribution in [0.3, 0.4) is 0 Å². The molecule has 5 heteroatoms. The van der Waals surface area contributed by atoms with Crippen molar-refractivity contribution < 1.29 is 14.3 Å². The second-order valence-electron chi connectivity index (χ2n) is 3.18. The second kappa shape index (κ2) is 7.09. The number of amides is 1. The van der Waals surface area contributed by atoms with Crippen LogP contribution >= 0.6 is 15.9 Å². The molecular formula is C12H14BrNO3. The lowest BCUT2D eigenvalue weighted by molar-refractivity contribution is -0.111. The molecule has 0 fully saturated rings. The van der Waals surface area contributed by atoms with E-state index in [1.165, 1.54) is 6.08 Å². The van der Waals surface area contributed by atoms with E-state index in [1.54, 1.807) is 19.2 Å². The van der Waals surface area contributed by atoms with Gasteiger partial charge in [-0.25, -0.2) is 0 Å². The van der Waals surface area contributed by atoms with Crippen LogP contribution in [0.2, 0.25) is 0 Å². The van der Waals surface area contributed by atoms with Crippen molar-refractivity contribution in [2.75, 3.05) is 25.6 Å². The van der Waals surface area contributed by atoms with Crippen molar-refractivity contribution in [1.82, 2.24) is 0 Å². The zero-order chi connectivity index (χ0) is 12.7. The molecule has 1 N–H and O–H groups in total. The number of carbonyl (C=O) groups excluding carboxylic acids is 1. The molecule has 4 nitrogen and oxygen atoms in total. The fourth-order valence-corrected chi connectivity index (χ4v) is 1.51. The largest absolute Gasteiger partial charge is 0.489 e. The minimum Gasteiger partial charge on any atom is -0.489 e. The van der Waals surface area contributed by atoms with E-state index in [-0.39, 0.29) is 5.91 Å². The number of methoxy groups -OCH3 is 1. The van der Waals surface area contributed by atoms with Crippen LogP contribution in [-0.2, 0) is 9.53 Å². The first-order valence-electron chi connectivity index (χ1n) is 5.02. The molecule has 1 aromatic carbocycles. The average Bonchev–Trinajstić information content (AvgIpc) is 2.32. The molecule has 0 unspecified atom stereocenters. The number of carbonyl (C=O) groups is 1. The Hall–Kier alpha value is -1.33. The molecule has 1 amide bonds. The zero-order valence-corrected chi connectivity index (χ0v) is 11.1. The number of ether oxygens (including phenoxy) is 2. The lowest BCUT2D eigenvalue weighted by atomic mass is 10.3. The first-order chi connectivity index (χ1) is 8.17. The second-order valence-corrected chi connectivity index (χ2v) is 4.09. The monoisotopic (exact) mass is 299 g/mol. The van der Waals surface area contributed by atoms with Crippen molar-refractivity contribution in [2.24, 2.45) is 0 Å². The summed E-state index contributed by atoms with van der Waals surface area (Å²) in [7, 11) is 1.60. The van der Waals surface area contributed by atoms with Crippen molar-refractivity contribution >= 4 is 27.5 Å². The Bertz CT molecular complexity index is 407. The Balaban J connectivity index is 2.79. The molecule has 0 aliphatic carbocycles. The highest BCUT2D eigenvalue weighted by Crippen LogP contribution is 2.28. The molecule has 0 radical (unpaired) electrons. The molecule has 92 valence electrons. The van der Waals surface area contributed by atoms with Crippen molar-refractivity contribution in [3.63, 3.8) is 0 Å². The summed E-state index contributed by atoms with van der Waals surface area (Å²) in [5, 5.41) is 2.68. The lowest BCUT2D eigenvalue weighted by Crippen LogP contribution is -2.11. The number of rotatable bonds is 6. The molecule has 0 aliphatic heterocycles. The van der Waals surface area contributed by atoms with E-state index in [9.17, 15) is 4.79 Å². The van der Waals surface area contributed by atoms with Gasteiger partial charge in [0.15, 0.2) is 0 Å². The van der Waals surface area contributed by atoms with E-state index in [0.29, 0.717) is 24.7 Å². The molecule has 0 bridgehead atoms. The highest BCUT2D eigenvalue weighted by atomic mass is 79.9. The van der Waals surface area contributed by atoms with Gasteiger partial charge >= 0.3 is 0 Å². The Kier molecular flexibility index (Phi) is 5.72. The summed E-state index contributed by atoms with van der Waals surface area (Å²) in [5.41, 5.74) is 0.598. The topological polar surface area (TPSA) is 47.6 Å². The van der Waals surface area contributed by atoms with Crippen LogP contribution in [0.25, 0.3) is 0 Å². The van der Waals surface area contributed by atoms with Crippen LogP contribution in [0.15, 0.2) is 35.3 Å². The quantitative estimate of drug-likeness (QED) is 0.649. The summed E-state index contributed by atoms with van der Waals surface area (Å²) < 4.78 is 11.2. The lowest BCUT2D eigenvalue weighted by Gasteiger charge is -2.11. The SMILES string of the molecule is C=CC(=O)Nc1cc(Br)ccc1OCCOC. The van der Waals surface area contributed by atoms with Crippen LogP contribution < -0.4 is 10.1 Å². The summed E-state index contributed by atoms with van der Waals surface area (Å²) in [6.07, 6.45) is 1.21. The van der Waals surface area contributed by atoms with Gasteiger partial charge in [-0.15, -0.1) is 0 Å². The summed E-state index contributed by atoms with van der Waals surface area (Å²) in [4.78, 5) is 11.2. The molecule has 0 heterocycles. The van der Waals surface area contributed by atoms with Crippen LogP contribution in [0, 0.1) is 0 Å². The maximum atomic E-state index is 11.2. The maximum absolute atomic E-state index is 11.2. The predicted molar refractivity (Wildman–Crippen MR) is 70.3 cm³/mol. The van der Waals surface area contributed by atoms with Crippen molar-refractivity contribution in [1.29, 1.82) is 0 Å². The van der Waals surface area contributed by atoms with Gasteiger partial charge in [-0.2, -0.15) is 0 Å². The van der Waals surface area contributed by atoms with Crippen molar-refractivity contribution in [2.45, 2.75) is 0 Å². The summed E-state index contributed by atoms with van der Waals surface area (Å²) in [6, 6.07) is 5.38. The summed E-state index contributed by atoms with van der Waals surface area (Å²) >= 11 is 3.33. The molecule has 1 rings (SSSR count). The number of halogens is 1. The van der Waals surface area contributed by atoms with Gasteiger partial charge in [-0.05, 0) is 24.3 Å². The van der Waals surface area contributed by atoms with Gasteiger partial charge < -0.3 is 14.8 Å². The van der Waals surface area contributed by atoms with Gasteiger partial charge in [0.2, 0.25) is 5.91 Å². The molecule has 1 aromatic rings. The van der Waals surface area contributed by atoms with Crippen LogP contribution in [0.1, 0.15) is 0 Å². The molecule has 0 saturated heterocycles. The molecule has 0 saturated carbocycles. The number of benzene rings is 1. The minimum absolute atomic E-state index is 0.278. The van der Waals surface area contributed by atoms with E-state index >= 15 is 0 Å². The summed E-state index contributed by atoms with van der Waals surface area (Å²) in [6.45, 7) is 4.32. The Labute approximate surface area is 109 Å². The fraction of sp³-hybridized carbons (Fsp3) is 0.250. The van der Waals surface area contributed by atoms with Gasteiger partial charge in [0, 0.05) is 11.6 Å². The predicted octanol–water partition coefficient (Wildman–Crippen LogP) is 2.60. The molecule has 0 atom stereocenters. The van der Waals surface area contributed by atoms with Crippen molar-refractivity contribution in [3.05, 3.63) is 35.3 Å². The third-order valence-electron chi connectivity index (χ3n) is 1.93. The molecule has 0 aromatic heterocycles. The van der Waals surface area contributed by atoms with E-state index in [1.807, 2.05) is 6.07 Å². The van der Waals surface area contributed by atoms with Crippen molar-refractivity contribution in [3.8, 4) is 5.75 Å². The van der Waals surface area contributed by atoms with Gasteiger partial charge in [-0.3, -0.25) is 4.79 Å². The standard InChI is InChI=1S/C12H14BrNO3/c1-3-12(15)14-10-8-9(13)4-5-11(10)17-7-6-16-2/h3-5,8H,1,6-7H2,2H3,(H,14,15). The normalized spacial score (nSPS) is 9.76. The highest BCUT2D eigenvalue weighted by Gasteiger charge is 2.06. The van der Waals surface area contributed by atoms with Gasteiger partial charge in [0.1, 0.15) is 12.4 Å². The van der Waals surface area contributed by atoms with E-state index in [4.69, 9.17) is 9.47 Å². The molecule has 17 heavy (non-hydrogen) atoms. The first kappa shape index (κ1) is 13.7. The fourth-order valence-electron chi connectivity index (χ4n) is 1.14. The van der Waals surface area contributed by atoms with E-state index in [0.717, 1.165) is 4.47 Å². The Morgan fingerprint density at radius 2 is 2.29 bits per heavy atom. The number of nitrogens with one attached hydrogen (secondary N) is 1. The minimum atomic E-state index is -0.278. The third-order valence-corrected chi connectivity index (χ3v) is 2.42. The summed E-state index contributed by atoms with van der Waals surface area (Å²) in [5.74, 6) is 0.320. The van der Waals surface area contributed by atoms with E-state index < -0.39 is 0 Å². The van der Waals surface area contributed by atoms with Gasteiger partial charge in [-0.1, -0.05) is 22.5 Å². The zero-order valence-electron chi connectivity index (χ0n) is 9.53. The van der Waals surface area contributed by atoms with Crippen LogP contribution in [0.5, 0.6) is 5.75 Å². The van der Waals surface area contributed by atoms with E-state index in [2.05, 4.69) is 27.8 Å². The molecule has 0 spiro atoms. The molecule has 0 aliphatic rings. The van der Waals surface area contributed by atoms with Crippen LogP contribution in [0.4, 0.5) is 5.69 Å². The van der Waals surface area contributed by atoms with Gasteiger partial charge in [0.05, 0.1) is 12.3 Å². The third kappa shape index (κ3) is 4.58. The van der Waals surface area contributed by atoms with Gasteiger partial charge in [0.25, 0.3) is 0 Å². The number of hydrogen-bond donors (Lipinski definition) is 1. The number of anilines is 1. The van der Waals surface area contributed by atoms with Crippen LogP contribution in [-0.4, -0.2) is 26.2 Å². The smallest absolute Gasteiger partial charge is 0.247 e. The number of hydrogen-bond acceptors (Lipinski definition) is 3. The molecular weight excluding hydrogens is 286 g/mol. The average molecular weight is 300 g/mol.